The van der Waals surface area contributed by atoms with Crippen molar-refractivity contribution in [3.63, 3.8) is 0 Å². The summed E-state index contributed by atoms with van der Waals surface area (Å²) in [5, 5.41) is 3.58. The predicted molar refractivity (Wildman–Crippen MR) is 127 cm³/mol. The van der Waals surface area contributed by atoms with Crippen molar-refractivity contribution >= 4 is 46.3 Å². The number of unbranched alkanes of at least 4 members (excludes halogenated alkanes) is 1. The van der Waals surface area contributed by atoms with Crippen LogP contribution < -0.4 is 11.1 Å². The monoisotopic (exact) mass is 478 g/mol. The van der Waals surface area contributed by atoms with E-state index in [1.807, 2.05) is 10.6 Å². The van der Waals surface area contributed by atoms with Crippen LogP contribution in [0.4, 0.5) is 10.6 Å². The molecule has 0 saturated heterocycles. The molecular weight excluding hydrogens is 451 g/mol. The normalized spacial score (nSPS) is 11.3. The number of carbonyl (C=O) groups is 1. The molecular formula is C22H28Cl2N6O2. The molecule has 0 atom stereocenters. The van der Waals surface area contributed by atoms with Gasteiger partial charge in [0.15, 0.2) is 11.5 Å². The lowest BCUT2D eigenvalue weighted by Gasteiger charge is -2.11. The molecule has 172 valence electrons. The molecule has 0 radical (unpaired) electrons. The summed E-state index contributed by atoms with van der Waals surface area (Å²) in [6, 6.07) is 6.09. The van der Waals surface area contributed by atoms with Crippen LogP contribution >= 0.6 is 23.2 Å². The van der Waals surface area contributed by atoms with Crippen LogP contribution in [0.1, 0.15) is 37.8 Å². The number of carbonyl (C=O) groups excluding carboxylic acids is 1. The van der Waals surface area contributed by atoms with Crippen molar-refractivity contribution in [3.8, 4) is 0 Å². The number of hydrogen-bond donors (Lipinski definition) is 2. The Balaban J connectivity index is 1.36. The Labute approximate surface area is 197 Å². The summed E-state index contributed by atoms with van der Waals surface area (Å²) in [4.78, 5) is 24.2. The summed E-state index contributed by atoms with van der Waals surface area (Å²) in [5.74, 6) is 0.834. The fourth-order valence-electron chi connectivity index (χ4n) is 3.42. The van der Waals surface area contributed by atoms with Crippen LogP contribution in [0.15, 0.2) is 24.5 Å². The number of ether oxygens (including phenoxy) is 1. The Morgan fingerprint density at radius 2 is 2.06 bits per heavy atom. The molecule has 2 aromatic heterocycles. The van der Waals surface area contributed by atoms with Gasteiger partial charge >= 0.3 is 6.09 Å². The van der Waals surface area contributed by atoms with Crippen LogP contribution in [0.25, 0.3) is 11.2 Å². The molecule has 10 heteroatoms. The summed E-state index contributed by atoms with van der Waals surface area (Å²) in [6.07, 6.45) is 4.35. The molecule has 0 fully saturated rings. The first-order valence-electron chi connectivity index (χ1n) is 10.6. The minimum Gasteiger partial charge on any atom is -0.450 e. The van der Waals surface area contributed by atoms with E-state index in [2.05, 4.69) is 46.2 Å². The molecule has 8 nitrogen and oxygen atoms in total. The molecule has 3 aromatic rings. The van der Waals surface area contributed by atoms with Gasteiger partial charge in [0, 0.05) is 18.1 Å². The number of anilines is 1. The standard InChI is InChI=1S/C22H28Cl2N6O2/c1-14(2)11-15-5-6-17(23)16(12-15)7-8-26-22(31)32-10-4-3-9-30-13-27-18-19(25)28-21(24)29-20(18)30/h5-6,12-14H,3-4,7-11H2,1-2H3,(H,26,31)(H2,25,28,29). The largest absolute Gasteiger partial charge is 0.450 e. The zero-order chi connectivity index (χ0) is 23.1. The smallest absolute Gasteiger partial charge is 0.407 e. The lowest BCUT2D eigenvalue weighted by molar-refractivity contribution is 0.144. The van der Waals surface area contributed by atoms with Gasteiger partial charge in [0.05, 0.1) is 12.9 Å². The second-order valence-corrected chi connectivity index (χ2v) is 8.78. The number of aryl methyl sites for hydroxylation is 1. The number of alkyl carbamates (subject to hydrolysis) is 1. The number of nitrogen functional groups attached to an aromatic ring is 1. The van der Waals surface area contributed by atoms with E-state index in [-0.39, 0.29) is 11.1 Å². The molecule has 0 aliphatic carbocycles. The highest BCUT2D eigenvalue weighted by atomic mass is 35.5. The third kappa shape index (κ3) is 6.71. The number of halogens is 2. The van der Waals surface area contributed by atoms with Gasteiger partial charge in [-0.05, 0) is 60.4 Å². The Morgan fingerprint density at radius 1 is 1.25 bits per heavy atom. The highest BCUT2D eigenvalue weighted by Gasteiger charge is 2.10. The van der Waals surface area contributed by atoms with Gasteiger partial charge in [-0.25, -0.2) is 9.78 Å². The zero-order valence-electron chi connectivity index (χ0n) is 18.3. The second-order valence-electron chi connectivity index (χ2n) is 8.03. The molecule has 0 aliphatic heterocycles. The summed E-state index contributed by atoms with van der Waals surface area (Å²) < 4.78 is 7.11. The topological polar surface area (TPSA) is 108 Å². The Bertz CT molecular complexity index is 1070. The van der Waals surface area contributed by atoms with Gasteiger partial charge in [-0.15, -0.1) is 0 Å². The molecule has 1 amide bonds. The first kappa shape index (κ1) is 24.1. The highest BCUT2D eigenvalue weighted by Crippen LogP contribution is 2.20. The zero-order valence-corrected chi connectivity index (χ0v) is 19.8. The molecule has 1 aromatic carbocycles. The summed E-state index contributed by atoms with van der Waals surface area (Å²) in [7, 11) is 0. The maximum atomic E-state index is 11.9. The Kier molecular flexibility index (Phi) is 8.53. The van der Waals surface area contributed by atoms with Gasteiger partial charge in [-0.2, -0.15) is 9.97 Å². The quantitative estimate of drug-likeness (QED) is 0.323. The van der Waals surface area contributed by atoms with Gasteiger partial charge < -0.3 is 20.4 Å². The Morgan fingerprint density at radius 3 is 2.84 bits per heavy atom. The third-order valence-electron chi connectivity index (χ3n) is 4.91. The molecule has 3 rings (SSSR count). The summed E-state index contributed by atoms with van der Waals surface area (Å²) >= 11 is 12.2. The molecule has 0 aliphatic rings. The number of nitrogens with zero attached hydrogens (tertiary/aromatic N) is 4. The van der Waals surface area contributed by atoms with Crippen molar-refractivity contribution in [1.82, 2.24) is 24.8 Å². The molecule has 32 heavy (non-hydrogen) atoms. The lowest BCUT2D eigenvalue weighted by atomic mass is 10.00. The molecule has 2 heterocycles. The highest BCUT2D eigenvalue weighted by molar-refractivity contribution is 6.31. The van der Waals surface area contributed by atoms with E-state index < -0.39 is 6.09 Å². The van der Waals surface area contributed by atoms with E-state index >= 15 is 0 Å². The average molecular weight is 479 g/mol. The van der Waals surface area contributed by atoms with E-state index in [0.717, 1.165) is 18.4 Å². The number of imidazole rings is 1. The molecule has 0 spiro atoms. The van der Waals surface area contributed by atoms with E-state index in [9.17, 15) is 4.79 Å². The van der Waals surface area contributed by atoms with Gasteiger partial charge in [0.2, 0.25) is 5.28 Å². The number of rotatable bonds is 10. The van der Waals surface area contributed by atoms with E-state index in [1.165, 1.54) is 5.56 Å². The van der Waals surface area contributed by atoms with Gasteiger partial charge in [-0.1, -0.05) is 37.6 Å². The number of hydrogen-bond acceptors (Lipinski definition) is 6. The number of amides is 1. The van der Waals surface area contributed by atoms with Crippen molar-refractivity contribution in [2.75, 3.05) is 18.9 Å². The third-order valence-corrected chi connectivity index (χ3v) is 5.45. The fraction of sp³-hybridized carbons (Fsp3) is 0.455. The van der Waals surface area contributed by atoms with Crippen molar-refractivity contribution < 1.29 is 9.53 Å². The number of nitrogens with two attached hydrogens (primary N) is 1. The second kappa shape index (κ2) is 11.3. The summed E-state index contributed by atoms with van der Waals surface area (Å²) in [6.45, 7) is 5.81. The van der Waals surface area contributed by atoms with E-state index in [1.54, 1.807) is 6.33 Å². The number of aromatic nitrogens is 4. The minimum atomic E-state index is -0.431. The first-order valence-corrected chi connectivity index (χ1v) is 11.4. The first-order chi connectivity index (χ1) is 15.3. The summed E-state index contributed by atoms with van der Waals surface area (Å²) in [5.41, 5.74) is 9.21. The van der Waals surface area contributed by atoms with Crippen molar-refractivity contribution in [2.24, 2.45) is 5.92 Å². The molecule has 0 saturated carbocycles. The van der Waals surface area contributed by atoms with Crippen LogP contribution in [0.2, 0.25) is 10.3 Å². The SMILES string of the molecule is CC(C)Cc1ccc(Cl)c(CCNC(=O)OCCCCn2cnc3c(N)nc(Cl)nc32)c1. The van der Waals surface area contributed by atoms with Gasteiger partial charge in [0.25, 0.3) is 0 Å². The van der Waals surface area contributed by atoms with Crippen LogP contribution in [0.5, 0.6) is 0 Å². The Hall–Kier alpha value is -2.58. The van der Waals surface area contributed by atoms with Gasteiger partial charge in [0.1, 0.15) is 5.52 Å². The molecule has 3 N–H and O–H groups in total. The lowest BCUT2D eigenvalue weighted by Crippen LogP contribution is -2.27. The molecule has 0 unspecified atom stereocenters. The number of fused-ring (bicyclic) bond motifs is 1. The van der Waals surface area contributed by atoms with E-state index in [4.69, 9.17) is 33.7 Å². The number of benzene rings is 1. The van der Waals surface area contributed by atoms with E-state index in [0.29, 0.717) is 54.6 Å². The van der Waals surface area contributed by atoms with Crippen molar-refractivity contribution in [2.45, 2.75) is 46.1 Å². The average Bonchev–Trinajstić information content (AvgIpc) is 3.13. The van der Waals surface area contributed by atoms with Gasteiger partial charge in [-0.3, -0.25) is 0 Å². The number of nitrogens with one attached hydrogen (secondary N) is 1. The maximum Gasteiger partial charge on any atom is 0.407 e. The van der Waals surface area contributed by atoms with Crippen molar-refractivity contribution in [3.05, 3.63) is 46.0 Å². The molecule has 0 bridgehead atoms. The maximum absolute atomic E-state index is 11.9. The van der Waals surface area contributed by atoms with Crippen LogP contribution in [0.3, 0.4) is 0 Å². The van der Waals surface area contributed by atoms with Crippen LogP contribution in [-0.2, 0) is 24.1 Å². The van der Waals surface area contributed by atoms with Crippen molar-refractivity contribution in [1.29, 1.82) is 0 Å². The predicted octanol–water partition coefficient (Wildman–Crippen LogP) is 4.66. The fourth-order valence-corrected chi connectivity index (χ4v) is 3.80. The van der Waals surface area contributed by atoms with Crippen LogP contribution in [0, 0.1) is 5.92 Å². The van der Waals surface area contributed by atoms with Crippen LogP contribution in [-0.4, -0.2) is 38.8 Å². The minimum absolute atomic E-state index is 0.0877.